The van der Waals surface area contributed by atoms with Crippen LogP contribution in [0.15, 0.2) is 0 Å². The van der Waals surface area contributed by atoms with E-state index < -0.39 is 10.7 Å². The summed E-state index contributed by atoms with van der Waals surface area (Å²) in [5, 5.41) is 9.74. The molecule has 3 nitrogen and oxygen atoms in total. The van der Waals surface area contributed by atoms with Crippen LogP contribution in [0.4, 0.5) is 0 Å². The van der Waals surface area contributed by atoms with Crippen LogP contribution in [0.25, 0.3) is 0 Å². The van der Waals surface area contributed by atoms with Gasteiger partial charge in [0.2, 0.25) is 0 Å². The zero-order valence-electron chi connectivity index (χ0n) is 11.5. The van der Waals surface area contributed by atoms with Crippen LogP contribution in [-0.4, -0.2) is 33.8 Å². The summed E-state index contributed by atoms with van der Waals surface area (Å²) < 4.78 is 5.61. The molecule has 2 atom stereocenters. The Balaban J connectivity index is 1.78. The Hall–Kier alpha value is -0.220. The number of hydrogen-bond donors (Lipinski definition) is 1. The molecule has 3 aliphatic rings. The molecule has 2 saturated heterocycles. The highest BCUT2D eigenvalue weighted by atomic mass is 32.2. The van der Waals surface area contributed by atoms with Crippen molar-refractivity contribution in [1.82, 2.24) is 0 Å². The van der Waals surface area contributed by atoms with Gasteiger partial charge < -0.3 is 9.84 Å². The first-order valence-electron chi connectivity index (χ1n) is 7.68. The summed E-state index contributed by atoms with van der Waals surface area (Å²) in [7, 11) is 0. The molecule has 4 heteroatoms. The van der Waals surface area contributed by atoms with Crippen molar-refractivity contribution in [3.63, 3.8) is 0 Å². The first-order valence-corrected chi connectivity index (χ1v) is 8.67. The van der Waals surface area contributed by atoms with E-state index in [2.05, 4.69) is 0 Å². The lowest BCUT2D eigenvalue weighted by Crippen LogP contribution is -2.50. The largest absolute Gasteiger partial charge is 0.480 e. The van der Waals surface area contributed by atoms with E-state index in [0.29, 0.717) is 5.92 Å². The van der Waals surface area contributed by atoms with Gasteiger partial charge in [-0.15, -0.1) is 11.8 Å². The van der Waals surface area contributed by atoms with Crippen molar-refractivity contribution >= 4 is 17.7 Å². The van der Waals surface area contributed by atoms with E-state index in [1.165, 1.54) is 19.3 Å². The smallest absolute Gasteiger partial charge is 0.320 e. The minimum absolute atomic E-state index is 0.0206. The third-order valence-corrected chi connectivity index (χ3v) is 7.05. The standard InChI is InChI=1S/C15H24O3S/c16-13(17)15(8-4-10-19-15)12-5-9-18-14(11-12)6-2-1-3-7-14/h12H,1-11H2,(H,16,17). The lowest BCUT2D eigenvalue weighted by atomic mass is 9.71. The molecule has 0 bridgehead atoms. The van der Waals surface area contributed by atoms with E-state index in [0.717, 1.165) is 50.9 Å². The average molecular weight is 284 g/mol. The second-order valence-corrected chi connectivity index (χ2v) is 7.85. The zero-order chi connectivity index (χ0) is 13.3. The first kappa shape index (κ1) is 13.7. The van der Waals surface area contributed by atoms with Crippen LogP contribution < -0.4 is 0 Å². The second kappa shape index (κ2) is 5.28. The van der Waals surface area contributed by atoms with Gasteiger partial charge in [0.1, 0.15) is 4.75 Å². The predicted octanol–water partition coefficient (Wildman–Crippen LogP) is 3.47. The van der Waals surface area contributed by atoms with Gasteiger partial charge in [0, 0.05) is 6.61 Å². The fourth-order valence-electron chi connectivity index (χ4n) is 4.30. The van der Waals surface area contributed by atoms with Gasteiger partial charge in [0.25, 0.3) is 0 Å². The molecule has 3 fully saturated rings. The molecule has 0 radical (unpaired) electrons. The number of carbonyl (C=O) groups is 1. The Labute approximate surface area is 119 Å². The van der Waals surface area contributed by atoms with E-state index in [4.69, 9.17) is 4.74 Å². The molecule has 1 aliphatic carbocycles. The van der Waals surface area contributed by atoms with Crippen LogP contribution in [0.2, 0.25) is 0 Å². The molecule has 3 rings (SSSR count). The van der Waals surface area contributed by atoms with E-state index >= 15 is 0 Å². The van der Waals surface area contributed by atoms with Gasteiger partial charge in [-0.05, 0) is 50.2 Å². The minimum atomic E-state index is -0.576. The molecular formula is C15H24O3S. The van der Waals surface area contributed by atoms with Crippen molar-refractivity contribution < 1.29 is 14.6 Å². The molecular weight excluding hydrogens is 260 g/mol. The molecule has 1 saturated carbocycles. The van der Waals surface area contributed by atoms with Crippen molar-refractivity contribution in [1.29, 1.82) is 0 Å². The summed E-state index contributed by atoms with van der Waals surface area (Å²) in [6.45, 7) is 0.764. The lowest BCUT2D eigenvalue weighted by Gasteiger charge is -2.47. The number of thioether (sulfide) groups is 1. The maximum Gasteiger partial charge on any atom is 0.320 e. The summed E-state index contributed by atoms with van der Waals surface area (Å²) in [6.07, 6.45) is 9.92. The average Bonchev–Trinajstić information content (AvgIpc) is 2.90. The molecule has 0 aromatic carbocycles. The highest BCUT2D eigenvalue weighted by molar-refractivity contribution is 8.01. The quantitative estimate of drug-likeness (QED) is 0.843. The maximum atomic E-state index is 11.8. The summed E-state index contributed by atoms with van der Waals surface area (Å²) >= 11 is 1.70. The minimum Gasteiger partial charge on any atom is -0.480 e. The van der Waals surface area contributed by atoms with Crippen molar-refractivity contribution in [3.05, 3.63) is 0 Å². The van der Waals surface area contributed by atoms with Crippen LogP contribution in [-0.2, 0) is 9.53 Å². The molecule has 0 aromatic rings. The Morgan fingerprint density at radius 3 is 2.58 bits per heavy atom. The van der Waals surface area contributed by atoms with Crippen LogP contribution in [0.3, 0.4) is 0 Å². The van der Waals surface area contributed by atoms with E-state index in [1.807, 2.05) is 0 Å². The Morgan fingerprint density at radius 2 is 1.95 bits per heavy atom. The molecule has 0 aromatic heterocycles. The monoisotopic (exact) mass is 284 g/mol. The van der Waals surface area contributed by atoms with Crippen molar-refractivity contribution in [2.45, 2.75) is 68.1 Å². The second-order valence-electron chi connectivity index (χ2n) is 6.43. The predicted molar refractivity (Wildman–Crippen MR) is 76.6 cm³/mol. The van der Waals surface area contributed by atoms with Gasteiger partial charge >= 0.3 is 5.97 Å². The number of carboxylic acids is 1. The molecule has 19 heavy (non-hydrogen) atoms. The van der Waals surface area contributed by atoms with E-state index in [9.17, 15) is 9.90 Å². The van der Waals surface area contributed by atoms with Gasteiger partial charge in [-0.1, -0.05) is 19.3 Å². The SMILES string of the molecule is O=C(O)C1(C2CCOC3(CCCCC3)C2)CCCS1. The number of carboxylic acid groups (broad SMARTS) is 1. The topological polar surface area (TPSA) is 46.5 Å². The summed E-state index contributed by atoms with van der Waals surface area (Å²) in [6, 6.07) is 0. The summed E-state index contributed by atoms with van der Waals surface area (Å²) in [5.74, 6) is 0.744. The zero-order valence-corrected chi connectivity index (χ0v) is 12.3. The van der Waals surface area contributed by atoms with Crippen LogP contribution in [0.5, 0.6) is 0 Å². The number of rotatable bonds is 2. The summed E-state index contributed by atoms with van der Waals surface area (Å²) in [5.41, 5.74) is 0.0206. The maximum absolute atomic E-state index is 11.8. The van der Waals surface area contributed by atoms with E-state index in [-0.39, 0.29) is 5.60 Å². The van der Waals surface area contributed by atoms with Crippen molar-refractivity contribution in [3.8, 4) is 0 Å². The van der Waals surface area contributed by atoms with Crippen molar-refractivity contribution in [2.24, 2.45) is 5.92 Å². The molecule has 2 aliphatic heterocycles. The van der Waals surface area contributed by atoms with Crippen molar-refractivity contribution in [2.75, 3.05) is 12.4 Å². The van der Waals surface area contributed by atoms with Gasteiger partial charge in [-0.3, -0.25) is 4.79 Å². The van der Waals surface area contributed by atoms with Gasteiger partial charge in [0.05, 0.1) is 5.60 Å². The molecule has 1 spiro atoms. The first-order chi connectivity index (χ1) is 9.17. The normalized spacial score (nSPS) is 38.4. The molecule has 2 unspecified atom stereocenters. The van der Waals surface area contributed by atoms with Gasteiger partial charge in [0.15, 0.2) is 0 Å². The molecule has 0 amide bonds. The van der Waals surface area contributed by atoms with Crippen LogP contribution >= 0.6 is 11.8 Å². The fourth-order valence-corrected chi connectivity index (χ4v) is 5.80. The number of aliphatic carboxylic acids is 1. The Kier molecular flexibility index (Phi) is 3.82. The van der Waals surface area contributed by atoms with Crippen LogP contribution in [0, 0.1) is 5.92 Å². The molecule has 1 N–H and O–H groups in total. The van der Waals surface area contributed by atoms with Gasteiger partial charge in [-0.25, -0.2) is 0 Å². The molecule has 2 heterocycles. The number of hydrogen-bond acceptors (Lipinski definition) is 3. The highest BCUT2D eigenvalue weighted by Crippen LogP contribution is 2.52. The highest BCUT2D eigenvalue weighted by Gasteiger charge is 2.53. The fraction of sp³-hybridized carbons (Fsp3) is 0.933. The van der Waals surface area contributed by atoms with Gasteiger partial charge in [-0.2, -0.15) is 0 Å². The van der Waals surface area contributed by atoms with Crippen LogP contribution in [0.1, 0.15) is 57.8 Å². The third-order valence-electron chi connectivity index (χ3n) is 5.33. The third kappa shape index (κ3) is 2.42. The number of ether oxygens (including phenoxy) is 1. The Morgan fingerprint density at radius 1 is 1.16 bits per heavy atom. The molecule has 108 valence electrons. The summed E-state index contributed by atoms with van der Waals surface area (Å²) in [4.78, 5) is 11.8. The van der Waals surface area contributed by atoms with E-state index in [1.54, 1.807) is 11.8 Å². The lowest BCUT2D eigenvalue weighted by molar-refractivity contribution is -0.149. The Bertz CT molecular complexity index is 338.